The highest BCUT2D eigenvalue weighted by Gasteiger charge is 2.55. The largest absolute Gasteiger partial charge is 0.436 e. The standard InChI is InChI=1S/C29H33Cl2N7O2/c1-18(39)34-28-24-16-37(17-25(24)28)15-19-8-26(20-10-21(30)12-22(31)11-20)35-27(9-19)40-23-13-32-29(33-14-23)38-5-3-4-36(2)6-7-38/h8-14,24-25,28H,3-7,15-17H2,1-2H3,(H,34,39). The second-order valence-corrected chi connectivity index (χ2v) is 11.9. The van der Waals surface area contributed by atoms with Gasteiger partial charge in [-0.25, -0.2) is 15.0 Å². The predicted octanol–water partition coefficient (Wildman–Crippen LogP) is 4.35. The number of anilines is 1. The molecule has 1 amide bonds. The van der Waals surface area contributed by atoms with Crippen LogP contribution in [0.15, 0.2) is 42.7 Å². The zero-order valence-electron chi connectivity index (χ0n) is 22.7. The smallest absolute Gasteiger partial charge is 0.225 e. The Hall–Kier alpha value is -2.98. The van der Waals surface area contributed by atoms with Crippen LogP contribution < -0.4 is 15.0 Å². The molecule has 2 aromatic heterocycles. The van der Waals surface area contributed by atoms with Gasteiger partial charge < -0.3 is 19.9 Å². The van der Waals surface area contributed by atoms with E-state index in [0.717, 1.165) is 69.1 Å². The molecular weight excluding hydrogens is 549 g/mol. The number of nitrogens with one attached hydrogen (secondary N) is 1. The fraction of sp³-hybridized carbons (Fsp3) is 0.448. The number of halogens is 2. The van der Waals surface area contributed by atoms with E-state index in [9.17, 15) is 4.79 Å². The summed E-state index contributed by atoms with van der Waals surface area (Å²) < 4.78 is 6.19. The summed E-state index contributed by atoms with van der Waals surface area (Å²) in [5.74, 6) is 2.78. The van der Waals surface area contributed by atoms with E-state index in [1.165, 1.54) is 0 Å². The fourth-order valence-corrected chi connectivity index (χ4v) is 6.42. The molecule has 2 atom stereocenters. The number of benzene rings is 1. The van der Waals surface area contributed by atoms with Crippen LogP contribution in [0.4, 0.5) is 5.95 Å². The number of carbonyl (C=O) groups excluding carboxylic acids is 1. The SMILES string of the molecule is CC(=O)NC1C2CN(Cc3cc(Oc4cnc(N5CCCN(C)CC5)nc4)nc(-c4cc(Cl)cc(Cl)c4)c3)CC21. The molecule has 2 unspecified atom stereocenters. The van der Waals surface area contributed by atoms with Gasteiger partial charge in [-0.15, -0.1) is 0 Å². The van der Waals surface area contributed by atoms with Crippen molar-refractivity contribution in [3.63, 3.8) is 0 Å². The molecule has 1 N–H and O–H groups in total. The summed E-state index contributed by atoms with van der Waals surface area (Å²) in [5.41, 5.74) is 2.61. The van der Waals surface area contributed by atoms with Gasteiger partial charge in [0.05, 0.1) is 18.1 Å². The van der Waals surface area contributed by atoms with Gasteiger partial charge in [0.2, 0.25) is 17.7 Å². The van der Waals surface area contributed by atoms with Gasteiger partial charge in [0.25, 0.3) is 0 Å². The van der Waals surface area contributed by atoms with Crippen LogP contribution in [0, 0.1) is 11.8 Å². The number of rotatable bonds is 7. The molecule has 4 heterocycles. The second-order valence-electron chi connectivity index (χ2n) is 11.1. The molecule has 2 saturated heterocycles. The highest BCUT2D eigenvalue weighted by molar-refractivity contribution is 6.35. The molecule has 3 aliphatic rings. The Morgan fingerprint density at radius 1 is 1.00 bits per heavy atom. The van der Waals surface area contributed by atoms with Crippen LogP contribution in [0.1, 0.15) is 18.9 Å². The number of carbonyl (C=O) groups is 1. The molecule has 3 fully saturated rings. The fourth-order valence-electron chi connectivity index (χ4n) is 5.89. The topological polar surface area (TPSA) is 86.7 Å². The van der Waals surface area contributed by atoms with Crippen molar-refractivity contribution in [2.24, 2.45) is 11.8 Å². The van der Waals surface area contributed by atoms with E-state index in [4.69, 9.17) is 32.9 Å². The van der Waals surface area contributed by atoms with E-state index in [2.05, 4.69) is 43.1 Å². The van der Waals surface area contributed by atoms with Crippen molar-refractivity contribution in [3.8, 4) is 22.9 Å². The van der Waals surface area contributed by atoms with Gasteiger partial charge >= 0.3 is 0 Å². The first-order valence-electron chi connectivity index (χ1n) is 13.7. The monoisotopic (exact) mass is 581 g/mol. The van der Waals surface area contributed by atoms with Crippen molar-refractivity contribution in [2.45, 2.75) is 25.9 Å². The minimum Gasteiger partial charge on any atom is -0.436 e. The lowest BCUT2D eigenvalue weighted by molar-refractivity contribution is -0.119. The molecule has 1 aromatic carbocycles. The summed E-state index contributed by atoms with van der Waals surface area (Å²) in [4.78, 5) is 32.4. The lowest BCUT2D eigenvalue weighted by Gasteiger charge is -2.21. The number of ether oxygens (including phenoxy) is 1. The molecule has 2 aliphatic heterocycles. The van der Waals surface area contributed by atoms with Crippen LogP contribution in [-0.2, 0) is 11.3 Å². The summed E-state index contributed by atoms with van der Waals surface area (Å²) in [6, 6.07) is 9.74. The Balaban J connectivity index is 1.20. The number of aromatic nitrogens is 3. The molecule has 11 heteroatoms. The van der Waals surface area contributed by atoms with E-state index in [1.807, 2.05) is 18.2 Å². The first-order valence-corrected chi connectivity index (χ1v) is 14.5. The number of amides is 1. The van der Waals surface area contributed by atoms with Crippen molar-refractivity contribution in [2.75, 3.05) is 51.2 Å². The Labute approximate surface area is 244 Å². The highest BCUT2D eigenvalue weighted by atomic mass is 35.5. The van der Waals surface area contributed by atoms with Gasteiger partial charge in [0.15, 0.2) is 5.75 Å². The lowest BCUT2D eigenvalue weighted by atomic mass is 10.1. The van der Waals surface area contributed by atoms with Gasteiger partial charge in [-0.05, 0) is 61.7 Å². The Morgan fingerprint density at radius 3 is 2.42 bits per heavy atom. The van der Waals surface area contributed by atoms with Crippen LogP contribution >= 0.6 is 23.2 Å². The maximum atomic E-state index is 11.5. The summed E-state index contributed by atoms with van der Waals surface area (Å²) in [7, 11) is 2.14. The second kappa shape index (κ2) is 11.5. The molecule has 3 aromatic rings. The third kappa shape index (κ3) is 6.33. The Kier molecular flexibility index (Phi) is 7.81. The van der Waals surface area contributed by atoms with Crippen molar-refractivity contribution >= 4 is 35.1 Å². The van der Waals surface area contributed by atoms with Crippen molar-refractivity contribution in [3.05, 3.63) is 58.3 Å². The molecule has 210 valence electrons. The number of likely N-dealkylation sites (tertiary alicyclic amines) is 1. The lowest BCUT2D eigenvalue weighted by Crippen LogP contribution is -2.33. The average Bonchev–Trinajstić information content (AvgIpc) is 3.42. The number of hydrogen-bond donors (Lipinski definition) is 1. The summed E-state index contributed by atoms with van der Waals surface area (Å²) in [6.07, 6.45) is 4.49. The number of piperidine rings is 1. The van der Waals surface area contributed by atoms with Crippen molar-refractivity contribution in [1.82, 2.24) is 30.1 Å². The quantitative estimate of drug-likeness (QED) is 0.441. The van der Waals surface area contributed by atoms with Crippen LogP contribution in [0.2, 0.25) is 10.0 Å². The zero-order chi connectivity index (χ0) is 27.8. The van der Waals surface area contributed by atoms with E-state index < -0.39 is 0 Å². The molecule has 1 aliphatic carbocycles. The van der Waals surface area contributed by atoms with Crippen LogP contribution in [0.25, 0.3) is 11.3 Å². The molecule has 0 bridgehead atoms. The maximum Gasteiger partial charge on any atom is 0.225 e. The summed E-state index contributed by atoms with van der Waals surface area (Å²) in [6.45, 7) is 8.13. The molecular formula is C29H33Cl2N7O2. The first kappa shape index (κ1) is 27.2. The molecule has 0 spiro atoms. The predicted molar refractivity (Wildman–Crippen MR) is 156 cm³/mol. The summed E-state index contributed by atoms with van der Waals surface area (Å²) in [5, 5.41) is 4.16. The maximum absolute atomic E-state index is 11.5. The number of pyridine rings is 1. The first-order chi connectivity index (χ1) is 19.3. The van der Waals surface area contributed by atoms with E-state index >= 15 is 0 Å². The molecule has 9 nitrogen and oxygen atoms in total. The van der Waals surface area contributed by atoms with Gasteiger partial charge in [0.1, 0.15) is 0 Å². The highest BCUT2D eigenvalue weighted by Crippen LogP contribution is 2.46. The zero-order valence-corrected chi connectivity index (χ0v) is 24.2. The van der Waals surface area contributed by atoms with Crippen molar-refractivity contribution in [1.29, 1.82) is 0 Å². The van der Waals surface area contributed by atoms with Gasteiger partial charge in [-0.3, -0.25) is 9.69 Å². The molecule has 40 heavy (non-hydrogen) atoms. The number of fused-ring (bicyclic) bond motifs is 1. The van der Waals surface area contributed by atoms with Gasteiger partial charge in [0, 0.05) is 73.9 Å². The van der Waals surface area contributed by atoms with E-state index in [-0.39, 0.29) is 5.91 Å². The van der Waals surface area contributed by atoms with Gasteiger partial charge in [-0.2, -0.15) is 0 Å². The molecule has 0 radical (unpaired) electrons. The minimum atomic E-state index is 0.0442. The third-order valence-corrected chi connectivity index (χ3v) is 8.34. The summed E-state index contributed by atoms with van der Waals surface area (Å²) >= 11 is 12.6. The van der Waals surface area contributed by atoms with Gasteiger partial charge in [-0.1, -0.05) is 23.2 Å². The number of hydrogen-bond acceptors (Lipinski definition) is 8. The number of likely N-dealkylation sites (N-methyl/N-ethyl adjacent to an activating group) is 1. The average molecular weight is 583 g/mol. The van der Waals surface area contributed by atoms with Crippen LogP contribution in [0.5, 0.6) is 11.6 Å². The normalized spacial score (nSPS) is 23.0. The minimum absolute atomic E-state index is 0.0442. The Morgan fingerprint density at radius 2 is 1.73 bits per heavy atom. The number of nitrogens with zero attached hydrogens (tertiary/aromatic N) is 6. The Bertz CT molecular complexity index is 1360. The van der Waals surface area contributed by atoms with Crippen LogP contribution in [0.3, 0.4) is 0 Å². The van der Waals surface area contributed by atoms with E-state index in [1.54, 1.807) is 25.4 Å². The van der Waals surface area contributed by atoms with Crippen LogP contribution in [-0.4, -0.2) is 83.0 Å². The molecule has 1 saturated carbocycles. The molecule has 6 rings (SSSR count). The van der Waals surface area contributed by atoms with Crippen molar-refractivity contribution < 1.29 is 9.53 Å². The third-order valence-electron chi connectivity index (χ3n) is 7.90. The van der Waals surface area contributed by atoms with E-state index in [0.29, 0.717) is 45.5 Å².